The fraction of sp³-hybridized carbons (Fsp3) is 0.250. The van der Waals surface area contributed by atoms with Crippen molar-refractivity contribution in [1.29, 1.82) is 0 Å². The zero-order valence-electron chi connectivity index (χ0n) is 7.83. The van der Waals surface area contributed by atoms with Gasteiger partial charge in [0.05, 0.1) is 0 Å². The summed E-state index contributed by atoms with van der Waals surface area (Å²) in [7, 11) is 0. The molecule has 2 aromatic rings. The number of H-pyrrole nitrogens is 2. The van der Waals surface area contributed by atoms with Gasteiger partial charge in [0, 0.05) is 11.3 Å². The van der Waals surface area contributed by atoms with Crippen molar-refractivity contribution < 1.29 is 0 Å². The monoisotopic (exact) mass is 191 g/mol. The molecule has 0 atom stereocenters. The summed E-state index contributed by atoms with van der Waals surface area (Å²) in [5, 5.41) is 6.32. The van der Waals surface area contributed by atoms with Crippen LogP contribution in [0.5, 0.6) is 0 Å². The zero-order valence-corrected chi connectivity index (χ0v) is 7.83. The normalized spacial score (nSPS) is 10.4. The van der Waals surface area contributed by atoms with E-state index in [9.17, 15) is 4.79 Å². The fourth-order valence-electron chi connectivity index (χ4n) is 1.08. The molecule has 0 unspecified atom stereocenters. The standard InChI is InChI=1S/C8H9N5O/c1-4-5(2)11-7(12-8(4)14)6-9-3-10-13-6/h3H,1-2H3,(H,9,10,13)(H,11,12,14). The Bertz CT molecular complexity index is 499. The molecule has 0 aliphatic rings. The lowest BCUT2D eigenvalue weighted by molar-refractivity contribution is 0.997. The molecule has 0 spiro atoms. The van der Waals surface area contributed by atoms with Gasteiger partial charge in [0.1, 0.15) is 6.33 Å². The van der Waals surface area contributed by atoms with Gasteiger partial charge >= 0.3 is 0 Å². The average molecular weight is 191 g/mol. The summed E-state index contributed by atoms with van der Waals surface area (Å²) in [6, 6.07) is 0. The summed E-state index contributed by atoms with van der Waals surface area (Å²) in [6.07, 6.45) is 1.37. The number of aromatic nitrogens is 5. The molecule has 0 aliphatic heterocycles. The molecule has 6 heteroatoms. The maximum atomic E-state index is 11.4. The Labute approximate surface area is 79.4 Å². The number of hydrogen-bond acceptors (Lipinski definition) is 4. The molecule has 2 N–H and O–H groups in total. The Morgan fingerprint density at radius 1 is 1.29 bits per heavy atom. The molecule has 0 saturated heterocycles. The van der Waals surface area contributed by atoms with Gasteiger partial charge in [0.15, 0.2) is 11.6 Å². The Hall–Kier alpha value is -1.98. The SMILES string of the molecule is Cc1nc(-c2ncn[nH]2)[nH]c(=O)c1C. The minimum absolute atomic E-state index is 0.149. The minimum atomic E-state index is -0.149. The van der Waals surface area contributed by atoms with Crippen LogP contribution in [0.2, 0.25) is 0 Å². The highest BCUT2D eigenvalue weighted by molar-refractivity contribution is 5.41. The van der Waals surface area contributed by atoms with Crippen LogP contribution in [0.3, 0.4) is 0 Å². The number of rotatable bonds is 1. The number of aromatic amines is 2. The van der Waals surface area contributed by atoms with E-state index in [1.54, 1.807) is 13.8 Å². The van der Waals surface area contributed by atoms with Gasteiger partial charge in [-0.15, -0.1) is 0 Å². The molecule has 0 bridgehead atoms. The number of aryl methyl sites for hydroxylation is 1. The molecule has 0 aliphatic carbocycles. The van der Waals surface area contributed by atoms with E-state index in [0.29, 0.717) is 22.9 Å². The van der Waals surface area contributed by atoms with Crippen LogP contribution in [0.25, 0.3) is 11.6 Å². The van der Waals surface area contributed by atoms with Crippen LogP contribution in [0.1, 0.15) is 11.3 Å². The molecular formula is C8H9N5O. The van der Waals surface area contributed by atoms with Crippen molar-refractivity contribution in [2.24, 2.45) is 0 Å². The summed E-state index contributed by atoms with van der Waals surface area (Å²) in [6.45, 7) is 3.51. The molecule has 0 aromatic carbocycles. The van der Waals surface area contributed by atoms with Crippen molar-refractivity contribution >= 4 is 0 Å². The lowest BCUT2D eigenvalue weighted by Gasteiger charge is -2.00. The predicted octanol–water partition coefficient (Wildman–Crippen LogP) is 0.172. The molecule has 0 fully saturated rings. The summed E-state index contributed by atoms with van der Waals surface area (Å²) in [4.78, 5) is 22.1. The van der Waals surface area contributed by atoms with Crippen LogP contribution in [0, 0.1) is 13.8 Å². The van der Waals surface area contributed by atoms with Crippen LogP contribution in [0.15, 0.2) is 11.1 Å². The van der Waals surface area contributed by atoms with E-state index in [4.69, 9.17) is 0 Å². The van der Waals surface area contributed by atoms with E-state index in [1.807, 2.05) is 0 Å². The average Bonchev–Trinajstić information content (AvgIpc) is 2.66. The number of hydrogen-bond donors (Lipinski definition) is 2. The molecule has 72 valence electrons. The van der Waals surface area contributed by atoms with Crippen LogP contribution in [-0.4, -0.2) is 25.1 Å². The van der Waals surface area contributed by atoms with E-state index in [1.165, 1.54) is 6.33 Å². The second-order valence-electron chi connectivity index (χ2n) is 2.96. The molecule has 2 heterocycles. The topological polar surface area (TPSA) is 87.3 Å². The Kier molecular flexibility index (Phi) is 1.88. The lowest BCUT2D eigenvalue weighted by atomic mass is 10.3. The molecule has 2 aromatic heterocycles. The third kappa shape index (κ3) is 1.30. The smallest absolute Gasteiger partial charge is 0.254 e. The van der Waals surface area contributed by atoms with Gasteiger partial charge in [-0.2, -0.15) is 5.10 Å². The van der Waals surface area contributed by atoms with Crippen LogP contribution < -0.4 is 5.56 Å². The highest BCUT2D eigenvalue weighted by atomic mass is 16.1. The van der Waals surface area contributed by atoms with Crippen LogP contribution in [0.4, 0.5) is 0 Å². The zero-order chi connectivity index (χ0) is 10.1. The number of nitrogens with zero attached hydrogens (tertiary/aromatic N) is 3. The Morgan fingerprint density at radius 3 is 2.64 bits per heavy atom. The van der Waals surface area contributed by atoms with E-state index >= 15 is 0 Å². The van der Waals surface area contributed by atoms with Crippen molar-refractivity contribution in [3.8, 4) is 11.6 Å². The van der Waals surface area contributed by atoms with Gasteiger partial charge < -0.3 is 4.98 Å². The van der Waals surface area contributed by atoms with E-state index < -0.39 is 0 Å². The Morgan fingerprint density at radius 2 is 2.07 bits per heavy atom. The van der Waals surface area contributed by atoms with Gasteiger partial charge in [-0.3, -0.25) is 9.89 Å². The highest BCUT2D eigenvalue weighted by Crippen LogP contribution is 2.06. The maximum absolute atomic E-state index is 11.4. The van der Waals surface area contributed by atoms with Crippen LogP contribution >= 0.6 is 0 Å². The third-order valence-electron chi connectivity index (χ3n) is 2.03. The highest BCUT2D eigenvalue weighted by Gasteiger charge is 2.07. The van der Waals surface area contributed by atoms with Gasteiger partial charge in [-0.1, -0.05) is 0 Å². The summed E-state index contributed by atoms with van der Waals surface area (Å²) in [5.41, 5.74) is 1.16. The first kappa shape index (κ1) is 8.61. The quantitative estimate of drug-likeness (QED) is 0.672. The van der Waals surface area contributed by atoms with Gasteiger partial charge in [-0.25, -0.2) is 9.97 Å². The fourth-order valence-corrected chi connectivity index (χ4v) is 1.08. The predicted molar refractivity (Wildman–Crippen MR) is 49.7 cm³/mol. The summed E-state index contributed by atoms with van der Waals surface area (Å²) in [5.74, 6) is 0.876. The first-order valence-corrected chi connectivity index (χ1v) is 4.11. The van der Waals surface area contributed by atoms with Crippen molar-refractivity contribution in [2.45, 2.75) is 13.8 Å². The summed E-state index contributed by atoms with van der Waals surface area (Å²) < 4.78 is 0. The van der Waals surface area contributed by atoms with E-state index in [-0.39, 0.29) is 5.56 Å². The third-order valence-corrected chi connectivity index (χ3v) is 2.03. The number of nitrogens with one attached hydrogen (secondary N) is 2. The first-order chi connectivity index (χ1) is 6.68. The molecular weight excluding hydrogens is 182 g/mol. The van der Waals surface area contributed by atoms with Crippen molar-refractivity contribution in [3.05, 3.63) is 27.9 Å². The van der Waals surface area contributed by atoms with E-state index in [0.717, 1.165) is 0 Å². The summed E-state index contributed by atoms with van der Waals surface area (Å²) >= 11 is 0. The van der Waals surface area contributed by atoms with Crippen molar-refractivity contribution in [1.82, 2.24) is 25.1 Å². The second kappa shape index (κ2) is 3.06. The molecule has 0 radical (unpaired) electrons. The molecule has 0 amide bonds. The Balaban J connectivity index is 2.63. The molecule has 6 nitrogen and oxygen atoms in total. The van der Waals surface area contributed by atoms with Crippen molar-refractivity contribution in [2.75, 3.05) is 0 Å². The maximum Gasteiger partial charge on any atom is 0.254 e. The second-order valence-corrected chi connectivity index (χ2v) is 2.96. The van der Waals surface area contributed by atoms with Gasteiger partial charge in [-0.05, 0) is 13.8 Å². The largest absolute Gasteiger partial charge is 0.304 e. The molecule has 2 rings (SSSR count). The lowest BCUT2D eigenvalue weighted by Crippen LogP contribution is -2.14. The molecule has 14 heavy (non-hydrogen) atoms. The van der Waals surface area contributed by atoms with Gasteiger partial charge in [0.2, 0.25) is 0 Å². The van der Waals surface area contributed by atoms with E-state index in [2.05, 4.69) is 25.1 Å². The minimum Gasteiger partial charge on any atom is -0.304 e. The van der Waals surface area contributed by atoms with Gasteiger partial charge in [0.25, 0.3) is 5.56 Å². The molecule has 0 saturated carbocycles. The van der Waals surface area contributed by atoms with Crippen LogP contribution in [-0.2, 0) is 0 Å². The van der Waals surface area contributed by atoms with Crippen molar-refractivity contribution in [3.63, 3.8) is 0 Å². The first-order valence-electron chi connectivity index (χ1n) is 4.11.